The highest BCUT2D eigenvalue weighted by atomic mass is 16.5. The summed E-state index contributed by atoms with van der Waals surface area (Å²) >= 11 is 0. The molecule has 2 rings (SSSR count). The summed E-state index contributed by atoms with van der Waals surface area (Å²) in [5.74, 6) is 0.483. The van der Waals surface area contributed by atoms with Gasteiger partial charge in [-0.25, -0.2) is 0 Å². The van der Waals surface area contributed by atoms with Gasteiger partial charge in [-0.2, -0.15) is 0 Å². The first-order valence-electron chi connectivity index (χ1n) is 6.83. The van der Waals surface area contributed by atoms with Crippen LogP contribution in [-0.4, -0.2) is 36.5 Å². The van der Waals surface area contributed by atoms with Gasteiger partial charge < -0.3 is 15.4 Å². The lowest BCUT2D eigenvalue weighted by Gasteiger charge is -2.18. The van der Waals surface area contributed by atoms with Crippen LogP contribution in [0.1, 0.15) is 18.9 Å². The Balaban J connectivity index is 1.70. The van der Waals surface area contributed by atoms with Crippen LogP contribution < -0.4 is 5.73 Å². The molecule has 1 aromatic rings. The van der Waals surface area contributed by atoms with E-state index in [-0.39, 0.29) is 5.91 Å². The molecule has 1 aliphatic heterocycles. The first-order valence-corrected chi connectivity index (χ1v) is 6.83. The Hall–Kier alpha value is -1.39. The van der Waals surface area contributed by atoms with Crippen LogP contribution in [0.25, 0.3) is 0 Å². The second-order valence-corrected chi connectivity index (χ2v) is 5.23. The van der Waals surface area contributed by atoms with E-state index in [2.05, 4.69) is 12.1 Å². The van der Waals surface area contributed by atoms with Crippen molar-refractivity contribution in [2.45, 2.75) is 26.0 Å². The minimum absolute atomic E-state index is 0.0468. The molecular weight excluding hydrogens is 240 g/mol. The maximum absolute atomic E-state index is 11.7. The molecule has 19 heavy (non-hydrogen) atoms. The van der Waals surface area contributed by atoms with Gasteiger partial charge in [0.2, 0.25) is 5.91 Å². The summed E-state index contributed by atoms with van der Waals surface area (Å²) in [4.78, 5) is 13.6. The summed E-state index contributed by atoms with van der Waals surface area (Å²) in [5.41, 5.74) is 6.80. The zero-order chi connectivity index (χ0) is 13.7. The van der Waals surface area contributed by atoms with E-state index >= 15 is 0 Å². The maximum Gasteiger partial charge on any atom is 0.239 e. The molecular formula is C15H22N2O2. The Kier molecular flexibility index (Phi) is 4.93. The van der Waals surface area contributed by atoms with Gasteiger partial charge >= 0.3 is 0 Å². The van der Waals surface area contributed by atoms with Gasteiger partial charge in [-0.3, -0.25) is 4.79 Å². The number of likely N-dealkylation sites (tertiary alicyclic amines) is 1. The van der Waals surface area contributed by atoms with Crippen LogP contribution in [0.2, 0.25) is 0 Å². The zero-order valence-electron chi connectivity index (χ0n) is 11.4. The predicted molar refractivity (Wildman–Crippen MR) is 74.4 cm³/mol. The fraction of sp³-hybridized carbons (Fsp3) is 0.533. The van der Waals surface area contributed by atoms with E-state index in [1.165, 1.54) is 5.56 Å². The fourth-order valence-corrected chi connectivity index (χ4v) is 2.37. The molecule has 4 heteroatoms. The first kappa shape index (κ1) is 14.0. The summed E-state index contributed by atoms with van der Waals surface area (Å²) in [6.45, 7) is 4.66. The molecule has 0 spiro atoms. The Morgan fingerprint density at radius 3 is 2.89 bits per heavy atom. The van der Waals surface area contributed by atoms with E-state index in [0.717, 1.165) is 19.5 Å². The van der Waals surface area contributed by atoms with Gasteiger partial charge in [-0.15, -0.1) is 0 Å². The topological polar surface area (TPSA) is 55.6 Å². The van der Waals surface area contributed by atoms with Crippen LogP contribution in [0, 0.1) is 5.92 Å². The molecule has 1 aliphatic rings. The molecule has 0 aliphatic carbocycles. The van der Waals surface area contributed by atoms with E-state index in [9.17, 15) is 4.79 Å². The summed E-state index contributed by atoms with van der Waals surface area (Å²) in [6, 6.07) is 9.73. The minimum Gasteiger partial charge on any atom is -0.376 e. The third-order valence-corrected chi connectivity index (χ3v) is 3.45. The van der Waals surface area contributed by atoms with E-state index in [4.69, 9.17) is 10.5 Å². The monoisotopic (exact) mass is 262 g/mol. The molecule has 2 atom stereocenters. The van der Waals surface area contributed by atoms with Crippen molar-refractivity contribution >= 4 is 5.91 Å². The van der Waals surface area contributed by atoms with Crippen molar-refractivity contribution < 1.29 is 9.53 Å². The Bertz CT molecular complexity index is 406. The molecule has 0 aromatic heterocycles. The average molecular weight is 262 g/mol. The van der Waals surface area contributed by atoms with Gasteiger partial charge in [0.1, 0.15) is 0 Å². The number of nitrogens with two attached hydrogens (primary N) is 1. The number of hydrogen-bond donors (Lipinski definition) is 1. The second kappa shape index (κ2) is 6.68. The highest BCUT2D eigenvalue weighted by Gasteiger charge is 2.27. The lowest BCUT2D eigenvalue weighted by molar-refractivity contribution is -0.131. The Labute approximate surface area is 114 Å². The van der Waals surface area contributed by atoms with Crippen molar-refractivity contribution in [2.75, 3.05) is 19.7 Å². The van der Waals surface area contributed by atoms with Crippen molar-refractivity contribution in [1.29, 1.82) is 0 Å². The molecule has 0 bridgehead atoms. The maximum atomic E-state index is 11.7. The van der Waals surface area contributed by atoms with Crippen LogP contribution in [0.15, 0.2) is 30.3 Å². The molecule has 1 amide bonds. The van der Waals surface area contributed by atoms with Crippen molar-refractivity contribution in [1.82, 2.24) is 4.90 Å². The Morgan fingerprint density at radius 1 is 1.47 bits per heavy atom. The average Bonchev–Trinajstić information content (AvgIpc) is 2.88. The number of carbonyl (C=O) groups excluding carboxylic acids is 1. The van der Waals surface area contributed by atoms with Gasteiger partial charge in [0.15, 0.2) is 0 Å². The van der Waals surface area contributed by atoms with Gasteiger partial charge in [0, 0.05) is 19.0 Å². The first-order chi connectivity index (χ1) is 9.16. The molecule has 104 valence electrons. The lowest BCUT2D eigenvalue weighted by atomic mass is 10.1. The molecule has 0 saturated carbocycles. The number of rotatable bonds is 5. The molecule has 1 unspecified atom stereocenters. The third-order valence-electron chi connectivity index (χ3n) is 3.45. The molecule has 4 nitrogen and oxygen atoms in total. The lowest BCUT2D eigenvalue weighted by Crippen LogP contribution is -2.40. The van der Waals surface area contributed by atoms with E-state index in [1.54, 1.807) is 6.92 Å². The summed E-state index contributed by atoms with van der Waals surface area (Å²) in [6.07, 6.45) is 1.01. The quantitative estimate of drug-likeness (QED) is 0.872. The molecule has 2 N–H and O–H groups in total. The molecule has 1 heterocycles. The van der Waals surface area contributed by atoms with Crippen molar-refractivity contribution in [2.24, 2.45) is 11.7 Å². The van der Waals surface area contributed by atoms with Gasteiger partial charge in [-0.1, -0.05) is 30.3 Å². The van der Waals surface area contributed by atoms with Crippen LogP contribution in [0.4, 0.5) is 0 Å². The van der Waals surface area contributed by atoms with Gasteiger partial charge in [0.05, 0.1) is 19.3 Å². The predicted octanol–water partition coefficient (Wildman–Crippen LogP) is 1.40. The van der Waals surface area contributed by atoms with E-state index in [1.807, 2.05) is 23.1 Å². The normalized spacial score (nSPS) is 20.5. The van der Waals surface area contributed by atoms with Crippen LogP contribution in [0.5, 0.6) is 0 Å². The summed E-state index contributed by atoms with van der Waals surface area (Å²) in [7, 11) is 0. The summed E-state index contributed by atoms with van der Waals surface area (Å²) in [5, 5.41) is 0. The van der Waals surface area contributed by atoms with E-state index < -0.39 is 6.04 Å². The van der Waals surface area contributed by atoms with Crippen molar-refractivity contribution in [3.63, 3.8) is 0 Å². The molecule has 1 saturated heterocycles. The largest absolute Gasteiger partial charge is 0.376 e. The zero-order valence-corrected chi connectivity index (χ0v) is 11.4. The van der Waals surface area contributed by atoms with Crippen LogP contribution in [-0.2, 0) is 16.1 Å². The van der Waals surface area contributed by atoms with Crippen LogP contribution in [0.3, 0.4) is 0 Å². The fourth-order valence-electron chi connectivity index (χ4n) is 2.37. The number of hydrogen-bond acceptors (Lipinski definition) is 3. The molecule has 0 radical (unpaired) electrons. The number of nitrogens with zero attached hydrogens (tertiary/aromatic N) is 1. The van der Waals surface area contributed by atoms with Gasteiger partial charge in [0.25, 0.3) is 0 Å². The molecule has 1 fully saturated rings. The number of benzene rings is 1. The highest BCUT2D eigenvalue weighted by Crippen LogP contribution is 2.17. The number of carbonyl (C=O) groups is 1. The van der Waals surface area contributed by atoms with Crippen molar-refractivity contribution in [3.05, 3.63) is 35.9 Å². The smallest absolute Gasteiger partial charge is 0.239 e. The number of amides is 1. The van der Waals surface area contributed by atoms with Crippen molar-refractivity contribution in [3.8, 4) is 0 Å². The van der Waals surface area contributed by atoms with E-state index in [0.29, 0.717) is 19.1 Å². The Morgan fingerprint density at radius 2 is 2.21 bits per heavy atom. The van der Waals surface area contributed by atoms with Gasteiger partial charge in [-0.05, 0) is 18.9 Å². The summed E-state index contributed by atoms with van der Waals surface area (Å²) < 4.78 is 5.72. The second-order valence-electron chi connectivity index (χ2n) is 5.23. The standard InChI is InChI=1S/C15H22N2O2/c1-12(16)15(18)17-8-7-14(9-17)11-19-10-13-5-3-2-4-6-13/h2-6,12,14H,7-11,16H2,1H3/t12-,14?/m0/s1. The highest BCUT2D eigenvalue weighted by molar-refractivity contribution is 5.81. The molecule has 1 aromatic carbocycles. The van der Waals surface area contributed by atoms with Crippen LogP contribution >= 0.6 is 0 Å². The number of ether oxygens (including phenoxy) is 1. The SMILES string of the molecule is C[C@H](N)C(=O)N1CCC(COCc2ccccc2)C1. The third kappa shape index (κ3) is 4.04. The minimum atomic E-state index is -0.399.